The molecule has 5 heteroatoms. The van der Waals surface area contributed by atoms with Crippen molar-refractivity contribution in [3.8, 4) is 0 Å². The van der Waals surface area contributed by atoms with E-state index in [1.807, 2.05) is 30.5 Å². The SMILES string of the molecule is CSc1ccc(CN(C)C(=O)C(C)C(=O)O)cc1. The monoisotopic (exact) mass is 267 g/mol. The number of carbonyl (C=O) groups is 2. The topological polar surface area (TPSA) is 57.6 Å². The van der Waals surface area contributed by atoms with Gasteiger partial charge in [-0.25, -0.2) is 0 Å². The van der Waals surface area contributed by atoms with Gasteiger partial charge in [0.05, 0.1) is 0 Å². The first-order valence-corrected chi connectivity index (χ1v) is 6.79. The van der Waals surface area contributed by atoms with Crippen LogP contribution in [0.3, 0.4) is 0 Å². The summed E-state index contributed by atoms with van der Waals surface area (Å²) in [7, 11) is 1.62. The minimum atomic E-state index is -1.09. The highest BCUT2D eigenvalue weighted by atomic mass is 32.2. The second-order valence-corrected chi connectivity index (χ2v) is 4.98. The maximum Gasteiger partial charge on any atom is 0.315 e. The van der Waals surface area contributed by atoms with Crippen LogP contribution in [-0.2, 0) is 16.1 Å². The van der Waals surface area contributed by atoms with Crippen molar-refractivity contribution in [2.45, 2.75) is 18.4 Å². The van der Waals surface area contributed by atoms with E-state index in [2.05, 4.69) is 0 Å². The molecule has 1 aromatic carbocycles. The Balaban J connectivity index is 2.66. The van der Waals surface area contributed by atoms with Crippen molar-refractivity contribution in [1.82, 2.24) is 4.90 Å². The number of carboxylic acids is 1. The van der Waals surface area contributed by atoms with Crippen molar-refractivity contribution < 1.29 is 14.7 Å². The number of carbonyl (C=O) groups excluding carboxylic acids is 1. The minimum absolute atomic E-state index is 0.378. The van der Waals surface area contributed by atoms with Gasteiger partial charge in [-0.2, -0.15) is 0 Å². The quantitative estimate of drug-likeness (QED) is 0.655. The van der Waals surface area contributed by atoms with Crippen molar-refractivity contribution in [3.05, 3.63) is 29.8 Å². The average Bonchev–Trinajstić information content (AvgIpc) is 2.37. The predicted molar refractivity (Wildman–Crippen MR) is 71.5 cm³/mol. The van der Waals surface area contributed by atoms with E-state index in [9.17, 15) is 9.59 Å². The number of benzene rings is 1. The van der Waals surface area contributed by atoms with Gasteiger partial charge in [0.15, 0.2) is 0 Å². The molecule has 0 fully saturated rings. The molecule has 1 unspecified atom stereocenters. The number of thioether (sulfide) groups is 1. The molecule has 0 spiro atoms. The van der Waals surface area contributed by atoms with E-state index >= 15 is 0 Å². The molecule has 1 atom stereocenters. The fourth-order valence-electron chi connectivity index (χ4n) is 1.52. The molecule has 0 aliphatic rings. The van der Waals surface area contributed by atoms with Crippen LogP contribution < -0.4 is 0 Å². The van der Waals surface area contributed by atoms with E-state index in [-0.39, 0.29) is 5.91 Å². The summed E-state index contributed by atoms with van der Waals surface area (Å²) in [5.74, 6) is -2.47. The lowest BCUT2D eigenvalue weighted by molar-refractivity contribution is -0.149. The second-order valence-electron chi connectivity index (χ2n) is 4.10. The Bertz CT molecular complexity index is 430. The summed E-state index contributed by atoms with van der Waals surface area (Å²) in [6.07, 6.45) is 2.00. The second kappa shape index (κ2) is 6.44. The number of carboxylic acid groups (broad SMARTS) is 1. The van der Waals surface area contributed by atoms with Gasteiger partial charge in [-0.15, -0.1) is 11.8 Å². The van der Waals surface area contributed by atoms with Gasteiger partial charge in [0, 0.05) is 18.5 Å². The highest BCUT2D eigenvalue weighted by Crippen LogP contribution is 2.16. The number of hydrogen-bond acceptors (Lipinski definition) is 3. The Morgan fingerprint density at radius 2 is 1.89 bits per heavy atom. The van der Waals surface area contributed by atoms with Gasteiger partial charge in [-0.1, -0.05) is 12.1 Å². The van der Waals surface area contributed by atoms with Crippen LogP contribution in [-0.4, -0.2) is 35.2 Å². The molecule has 0 aliphatic heterocycles. The molecule has 1 aromatic rings. The van der Waals surface area contributed by atoms with Crippen LogP contribution in [0, 0.1) is 5.92 Å². The van der Waals surface area contributed by atoms with E-state index in [4.69, 9.17) is 5.11 Å². The number of nitrogens with zero attached hydrogens (tertiary/aromatic N) is 1. The fraction of sp³-hybridized carbons (Fsp3) is 0.385. The molecule has 98 valence electrons. The third-order valence-electron chi connectivity index (χ3n) is 2.70. The van der Waals surface area contributed by atoms with Crippen LogP contribution >= 0.6 is 11.8 Å². The van der Waals surface area contributed by atoms with Crippen LogP contribution in [0.5, 0.6) is 0 Å². The van der Waals surface area contributed by atoms with Crippen molar-refractivity contribution >= 4 is 23.6 Å². The summed E-state index contributed by atoms with van der Waals surface area (Å²) >= 11 is 1.65. The van der Waals surface area contributed by atoms with Crippen LogP contribution in [0.2, 0.25) is 0 Å². The van der Waals surface area contributed by atoms with E-state index < -0.39 is 11.9 Å². The van der Waals surface area contributed by atoms with Crippen LogP contribution in [0.15, 0.2) is 29.2 Å². The first-order valence-electron chi connectivity index (χ1n) is 5.56. The smallest absolute Gasteiger partial charge is 0.315 e. The predicted octanol–water partition coefficient (Wildman–Crippen LogP) is 2.09. The number of amides is 1. The Kier molecular flexibility index (Phi) is 5.22. The fourth-order valence-corrected chi connectivity index (χ4v) is 1.93. The molecule has 0 saturated carbocycles. The zero-order valence-electron chi connectivity index (χ0n) is 10.7. The van der Waals surface area contributed by atoms with Crippen LogP contribution in [0.4, 0.5) is 0 Å². The molecule has 0 bridgehead atoms. The van der Waals surface area contributed by atoms with Crippen LogP contribution in [0.25, 0.3) is 0 Å². The van der Waals surface area contributed by atoms with E-state index in [1.54, 1.807) is 18.8 Å². The zero-order valence-corrected chi connectivity index (χ0v) is 11.5. The summed E-state index contributed by atoms with van der Waals surface area (Å²) in [4.78, 5) is 25.1. The largest absolute Gasteiger partial charge is 0.481 e. The van der Waals surface area contributed by atoms with E-state index in [0.717, 1.165) is 10.5 Å². The van der Waals surface area contributed by atoms with Gasteiger partial charge in [0.2, 0.25) is 5.91 Å². The van der Waals surface area contributed by atoms with E-state index in [1.165, 1.54) is 11.8 Å². The standard InChI is InChI=1S/C13H17NO3S/c1-9(13(16)17)12(15)14(2)8-10-4-6-11(18-3)7-5-10/h4-7,9H,8H2,1-3H3,(H,16,17). The molecule has 0 radical (unpaired) electrons. The van der Waals surface area contributed by atoms with Crippen molar-refractivity contribution in [1.29, 1.82) is 0 Å². The Hall–Kier alpha value is -1.49. The van der Waals surface area contributed by atoms with Gasteiger partial charge >= 0.3 is 5.97 Å². The Morgan fingerprint density at radius 1 is 1.33 bits per heavy atom. The normalized spacial score (nSPS) is 11.9. The zero-order chi connectivity index (χ0) is 13.7. The number of hydrogen-bond donors (Lipinski definition) is 1. The van der Waals surface area contributed by atoms with Crippen molar-refractivity contribution in [3.63, 3.8) is 0 Å². The lowest BCUT2D eigenvalue weighted by Gasteiger charge is -2.19. The molecule has 1 amide bonds. The van der Waals surface area contributed by atoms with Gasteiger partial charge in [-0.05, 0) is 30.9 Å². The highest BCUT2D eigenvalue weighted by Gasteiger charge is 2.23. The molecular weight excluding hydrogens is 250 g/mol. The summed E-state index contributed by atoms with van der Waals surface area (Å²) in [6.45, 7) is 1.82. The van der Waals surface area contributed by atoms with E-state index in [0.29, 0.717) is 6.54 Å². The Morgan fingerprint density at radius 3 is 2.33 bits per heavy atom. The summed E-state index contributed by atoms with van der Waals surface area (Å²) in [5.41, 5.74) is 0.987. The molecule has 18 heavy (non-hydrogen) atoms. The lowest BCUT2D eigenvalue weighted by atomic mass is 10.1. The third kappa shape index (κ3) is 3.77. The molecule has 4 nitrogen and oxygen atoms in total. The number of rotatable bonds is 5. The molecular formula is C13H17NO3S. The number of aliphatic carboxylic acids is 1. The van der Waals surface area contributed by atoms with Crippen molar-refractivity contribution in [2.75, 3.05) is 13.3 Å². The Labute approximate surface area is 111 Å². The highest BCUT2D eigenvalue weighted by molar-refractivity contribution is 7.98. The molecule has 0 aliphatic carbocycles. The molecule has 1 rings (SSSR count). The third-order valence-corrected chi connectivity index (χ3v) is 3.44. The lowest BCUT2D eigenvalue weighted by Crippen LogP contribution is -2.34. The summed E-state index contributed by atoms with van der Waals surface area (Å²) < 4.78 is 0. The van der Waals surface area contributed by atoms with Gasteiger partial charge < -0.3 is 10.0 Å². The van der Waals surface area contributed by atoms with Gasteiger partial charge in [0.25, 0.3) is 0 Å². The first kappa shape index (κ1) is 14.6. The maximum absolute atomic E-state index is 11.8. The van der Waals surface area contributed by atoms with Crippen LogP contribution in [0.1, 0.15) is 12.5 Å². The summed E-state index contributed by atoms with van der Waals surface area (Å²) in [5, 5.41) is 8.79. The molecule has 1 N–H and O–H groups in total. The summed E-state index contributed by atoms with van der Waals surface area (Å²) in [6, 6.07) is 7.86. The van der Waals surface area contributed by atoms with Gasteiger partial charge in [0.1, 0.15) is 5.92 Å². The molecule has 0 heterocycles. The van der Waals surface area contributed by atoms with Gasteiger partial charge in [-0.3, -0.25) is 9.59 Å². The van der Waals surface area contributed by atoms with Crippen molar-refractivity contribution in [2.24, 2.45) is 5.92 Å². The first-order chi connectivity index (χ1) is 8.45. The maximum atomic E-state index is 11.8. The average molecular weight is 267 g/mol. The molecule has 0 aromatic heterocycles. The minimum Gasteiger partial charge on any atom is -0.481 e. The molecule has 0 saturated heterocycles.